The summed E-state index contributed by atoms with van der Waals surface area (Å²) in [7, 11) is 0. The molecule has 0 amide bonds. The van der Waals surface area contributed by atoms with Crippen molar-refractivity contribution in [3.63, 3.8) is 0 Å². The van der Waals surface area contributed by atoms with Gasteiger partial charge in [-0.2, -0.15) is 0 Å². The molecule has 0 heterocycles. The molecule has 0 aliphatic rings. The van der Waals surface area contributed by atoms with Crippen LogP contribution in [0.3, 0.4) is 0 Å². The van der Waals surface area contributed by atoms with E-state index in [1.165, 1.54) is 57.8 Å². The number of hydrogen-bond acceptors (Lipinski definition) is 2. The van der Waals surface area contributed by atoms with Crippen molar-refractivity contribution in [2.24, 2.45) is 0 Å². The van der Waals surface area contributed by atoms with Crippen molar-refractivity contribution in [1.82, 2.24) is 0 Å². The van der Waals surface area contributed by atoms with E-state index in [1.54, 1.807) is 0 Å². The second kappa shape index (κ2) is 16.7. The van der Waals surface area contributed by atoms with Crippen LogP contribution in [-0.2, 0) is 0 Å². The molecule has 2 heteroatoms. The summed E-state index contributed by atoms with van der Waals surface area (Å²) in [4.78, 5) is 0. The van der Waals surface area contributed by atoms with Crippen LogP contribution in [0.4, 0.5) is 0 Å². The van der Waals surface area contributed by atoms with E-state index < -0.39 is 0 Å². The highest BCUT2D eigenvalue weighted by atomic mass is 16.3. The maximum atomic E-state index is 9.72. The Balaban J connectivity index is 3.17. The predicted molar refractivity (Wildman–Crippen MR) is 87.9 cm³/mol. The van der Waals surface area contributed by atoms with Gasteiger partial charge in [0.15, 0.2) is 0 Å². The molecule has 0 radical (unpaired) electrons. The summed E-state index contributed by atoms with van der Waals surface area (Å²) in [6.45, 7) is 2.50. The molecule has 0 aliphatic carbocycles. The lowest BCUT2D eigenvalue weighted by molar-refractivity contribution is 0.207. The van der Waals surface area contributed by atoms with Crippen LogP contribution in [0, 0.1) is 0 Å². The van der Waals surface area contributed by atoms with Crippen LogP contribution in [-0.4, -0.2) is 22.9 Å². The van der Waals surface area contributed by atoms with Gasteiger partial charge in [0.1, 0.15) is 0 Å². The molecule has 2 nitrogen and oxygen atoms in total. The van der Waals surface area contributed by atoms with E-state index in [1.807, 2.05) is 12.2 Å². The first kappa shape index (κ1) is 19.7. The minimum absolute atomic E-state index is 0.235. The summed E-state index contributed by atoms with van der Waals surface area (Å²) in [6, 6.07) is 0. The molecule has 0 spiro atoms. The highest BCUT2D eigenvalue weighted by Gasteiger charge is 1.98. The largest absolute Gasteiger partial charge is 0.396 e. The molecule has 0 rings (SSSR count). The summed E-state index contributed by atoms with van der Waals surface area (Å²) in [5, 5.41) is 18.4. The van der Waals surface area contributed by atoms with Gasteiger partial charge < -0.3 is 10.2 Å². The third-order valence-corrected chi connectivity index (χ3v) is 3.74. The van der Waals surface area contributed by atoms with Crippen LogP contribution in [0.1, 0.15) is 90.4 Å². The van der Waals surface area contributed by atoms with Crippen LogP contribution in [0.15, 0.2) is 12.2 Å². The Morgan fingerprint density at radius 2 is 1.35 bits per heavy atom. The molecule has 120 valence electrons. The highest BCUT2D eigenvalue weighted by Crippen LogP contribution is 2.12. The third-order valence-electron chi connectivity index (χ3n) is 3.74. The summed E-state index contributed by atoms with van der Waals surface area (Å²) in [5.41, 5.74) is 0. The maximum Gasteiger partial charge on any atom is 0.0720 e. The smallest absolute Gasteiger partial charge is 0.0720 e. The number of unbranched alkanes of at least 4 members (excludes halogenated alkanes) is 10. The monoisotopic (exact) mass is 284 g/mol. The topological polar surface area (TPSA) is 40.5 Å². The summed E-state index contributed by atoms with van der Waals surface area (Å²) in [6.07, 6.45) is 19.5. The van der Waals surface area contributed by atoms with Crippen molar-refractivity contribution in [2.75, 3.05) is 6.61 Å². The third kappa shape index (κ3) is 15.7. The first-order chi connectivity index (χ1) is 9.81. The van der Waals surface area contributed by atoms with Gasteiger partial charge in [-0.3, -0.25) is 0 Å². The normalized spacial score (nSPS) is 13.2. The number of rotatable bonds is 15. The lowest BCUT2D eigenvalue weighted by Crippen LogP contribution is -2.01. The molecule has 0 aromatic heterocycles. The van der Waals surface area contributed by atoms with Gasteiger partial charge in [0.2, 0.25) is 0 Å². The van der Waals surface area contributed by atoms with Gasteiger partial charge in [0.05, 0.1) is 6.10 Å². The Morgan fingerprint density at radius 3 is 1.90 bits per heavy atom. The van der Waals surface area contributed by atoms with Crippen molar-refractivity contribution in [2.45, 2.75) is 96.5 Å². The van der Waals surface area contributed by atoms with Gasteiger partial charge in [-0.05, 0) is 19.3 Å². The fourth-order valence-electron chi connectivity index (χ4n) is 2.40. The van der Waals surface area contributed by atoms with Gasteiger partial charge in [0, 0.05) is 6.61 Å². The first-order valence-electron chi connectivity index (χ1n) is 8.76. The Labute approximate surface area is 126 Å². The van der Waals surface area contributed by atoms with Gasteiger partial charge in [0.25, 0.3) is 0 Å². The number of hydrogen-bond donors (Lipinski definition) is 2. The predicted octanol–water partition coefficient (Wildman–Crippen LogP) is 4.99. The highest BCUT2D eigenvalue weighted by molar-refractivity contribution is 4.88. The SMILES string of the molecule is CCCCCCCCCCCCC(O)/C=C/CCCO. The van der Waals surface area contributed by atoms with E-state index in [2.05, 4.69) is 6.92 Å². The van der Waals surface area contributed by atoms with Gasteiger partial charge in [-0.25, -0.2) is 0 Å². The Kier molecular flexibility index (Phi) is 16.4. The summed E-state index contributed by atoms with van der Waals surface area (Å²) < 4.78 is 0. The Hall–Kier alpha value is -0.340. The molecule has 20 heavy (non-hydrogen) atoms. The average molecular weight is 284 g/mol. The van der Waals surface area contributed by atoms with Gasteiger partial charge in [-0.1, -0.05) is 83.3 Å². The molecule has 0 aliphatic heterocycles. The molecule has 1 unspecified atom stereocenters. The fourth-order valence-corrected chi connectivity index (χ4v) is 2.40. The van der Waals surface area contributed by atoms with E-state index in [0.717, 1.165) is 25.7 Å². The van der Waals surface area contributed by atoms with Gasteiger partial charge in [-0.15, -0.1) is 0 Å². The maximum absolute atomic E-state index is 9.72. The quantitative estimate of drug-likeness (QED) is 0.328. The van der Waals surface area contributed by atoms with E-state index in [0.29, 0.717) is 0 Å². The van der Waals surface area contributed by atoms with Crippen molar-refractivity contribution >= 4 is 0 Å². The van der Waals surface area contributed by atoms with Crippen molar-refractivity contribution in [1.29, 1.82) is 0 Å². The molecule has 0 aromatic rings. The number of aliphatic hydroxyl groups excluding tert-OH is 2. The van der Waals surface area contributed by atoms with Crippen LogP contribution >= 0.6 is 0 Å². The van der Waals surface area contributed by atoms with Crippen LogP contribution < -0.4 is 0 Å². The summed E-state index contributed by atoms with van der Waals surface area (Å²) in [5.74, 6) is 0. The Morgan fingerprint density at radius 1 is 0.800 bits per heavy atom. The minimum Gasteiger partial charge on any atom is -0.396 e. The average Bonchev–Trinajstić information content (AvgIpc) is 2.45. The molecule has 0 saturated heterocycles. The van der Waals surface area contributed by atoms with Crippen LogP contribution in [0.2, 0.25) is 0 Å². The fraction of sp³-hybridized carbons (Fsp3) is 0.889. The molecule has 2 N–H and O–H groups in total. The lowest BCUT2D eigenvalue weighted by atomic mass is 10.0. The van der Waals surface area contributed by atoms with Crippen LogP contribution in [0.5, 0.6) is 0 Å². The lowest BCUT2D eigenvalue weighted by Gasteiger charge is -2.05. The van der Waals surface area contributed by atoms with E-state index in [-0.39, 0.29) is 12.7 Å². The van der Waals surface area contributed by atoms with Crippen molar-refractivity contribution in [3.8, 4) is 0 Å². The minimum atomic E-state index is -0.289. The number of aliphatic hydroxyl groups is 2. The van der Waals surface area contributed by atoms with Gasteiger partial charge >= 0.3 is 0 Å². The molecular formula is C18H36O2. The zero-order valence-corrected chi connectivity index (χ0v) is 13.5. The summed E-state index contributed by atoms with van der Waals surface area (Å²) >= 11 is 0. The Bertz CT molecular complexity index is 202. The molecule has 0 saturated carbocycles. The standard InChI is InChI=1S/C18H36O2/c1-2-3-4-5-6-7-8-9-10-12-15-18(20)16-13-11-14-17-19/h13,16,18-20H,2-12,14-15,17H2,1H3/b16-13+. The van der Waals surface area contributed by atoms with E-state index >= 15 is 0 Å². The molecular weight excluding hydrogens is 248 g/mol. The second-order valence-electron chi connectivity index (χ2n) is 5.83. The van der Waals surface area contributed by atoms with E-state index in [4.69, 9.17) is 5.11 Å². The zero-order chi connectivity index (χ0) is 14.9. The van der Waals surface area contributed by atoms with Crippen molar-refractivity contribution < 1.29 is 10.2 Å². The van der Waals surface area contributed by atoms with Crippen LogP contribution in [0.25, 0.3) is 0 Å². The van der Waals surface area contributed by atoms with Crippen molar-refractivity contribution in [3.05, 3.63) is 12.2 Å². The first-order valence-corrected chi connectivity index (χ1v) is 8.76. The molecule has 0 bridgehead atoms. The van der Waals surface area contributed by atoms with E-state index in [9.17, 15) is 5.11 Å². The zero-order valence-electron chi connectivity index (χ0n) is 13.5. The molecule has 0 fully saturated rings. The number of allylic oxidation sites excluding steroid dienone is 1. The molecule has 1 atom stereocenters. The second-order valence-corrected chi connectivity index (χ2v) is 5.83. The molecule has 0 aromatic carbocycles.